The Morgan fingerprint density at radius 3 is 2.50 bits per heavy atom. The van der Waals surface area contributed by atoms with Crippen LogP contribution in [0.1, 0.15) is 26.5 Å². The van der Waals surface area contributed by atoms with E-state index in [1.54, 1.807) is 47.8 Å². The molecule has 1 heterocycles. The van der Waals surface area contributed by atoms with E-state index in [2.05, 4.69) is 11.8 Å². The molecule has 2 aromatic rings. The average molecular weight is 312 g/mol. The van der Waals surface area contributed by atoms with Gasteiger partial charge in [0.05, 0.1) is 0 Å². The van der Waals surface area contributed by atoms with Gasteiger partial charge in [-0.3, -0.25) is 9.59 Å². The summed E-state index contributed by atoms with van der Waals surface area (Å²) < 4.78 is 4.99. The minimum Gasteiger partial charge on any atom is -0.460 e. The highest BCUT2D eigenvalue weighted by molar-refractivity contribution is 7.11. The standard InChI is InChI=1S/C17H12O4S/c18-14(16(19)13-7-2-1-3-8-13)9-4-5-11-21-17(20)15-10-6-12-22-15/h1-3,6-8,10,12H,5,11H2. The summed E-state index contributed by atoms with van der Waals surface area (Å²) in [6.45, 7) is 0.0799. The van der Waals surface area contributed by atoms with Gasteiger partial charge >= 0.3 is 5.97 Å². The third-order valence-corrected chi connectivity index (χ3v) is 3.48. The van der Waals surface area contributed by atoms with Crippen molar-refractivity contribution < 1.29 is 19.1 Å². The van der Waals surface area contributed by atoms with E-state index in [-0.39, 0.29) is 13.0 Å². The van der Waals surface area contributed by atoms with Crippen molar-refractivity contribution in [3.63, 3.8) is 0 Å². The molecule has 4 nitrogen and oxygen atoms in total. The summed E-state index contributed by atoms with van der Waals surface area (Å²) in [5.74, 6) is 2.99. The Morgan fingerprint density at radius 2 is 1.82 bits per heavy atom. The normalized spacial score (nSPS) is 9.45. The minimum absolute atomic E-state index is 0.0799. The largest absolute Gasteiger partial charge is 0.460 e. The number of hydrogen-bond acceptors (Lipinski definition) is 5. The molecule has 0 bridgehead atoms. The Balaban J connectivity index is 1.78. The summed E-state index contributed by atoms with van der Waals surface area (Å²) in [7, 11) is 0. The van der Waals surface area contributed by atoms with E-state index in [4.69, 9.17) is 4.74 Å². The van der Waals surface area contributed by atoms with Crippen molar-refractivity contribution in [1.29, 1.82) is 0 Å². The van der Waals surface area contributed by atoms with Gasteiger partial charge in [0.1, 0.15) is 11.5 Å². The molecule has 0 aliphatic carbocycles. The predicted molar refractivity (Wildman–Crippen MR) is 82.8 cm³/mol. The maximum absolute atomic E-state index is 11.7. The van der Waals surface area contributed by atoms with E-state index in [1.807, 2.05) is 0 Å². The lowest BCUT2D eigenvalue weighted by Gasteiger charge is -1.98. The summed E-state index contributed by atoms with van der Waals surface area (Å²) >= 11 is 1.29. The van der Waals surface area contributed by atoms with Crippen molar-refractivity contribution in [2.75, 3.05) is 6.61 Å². The van der Waals surface area contributed by atoms with Crippen molar-refractivity contribution in [3.05, 3.63) is 58.3 Å². The molecule has 0 radical (unpaired) electrons. The van der Waals surface area contributed by atoms with Crippen LogP contribution in [0.25, 0.3) is 0 Å². The predicted octanol–water partition coefficient (Wildman–Crippen LogP) is 2.75. The third kappa shape index (κ3) is 4.40. The average Bonchev–Trinajstić information content (AvgIpc) is 3.09. The third-order valence-electron chi connectivity index (χ3n) is 2.63. The van der Waals surface area contributed by atoms with Crippen molar-refractivity contribution in [1.82, 2.24) is 0 Å². The molecule has 0 atom stereocenters. The number of carbonyl (C=O) groups excluding carboxylic acids is 3. The van der Waals surface area contributed by atoms with Gasteiger partial charge in [0.15, 0.2) is 0 Å². The molecular weight excluding hydrogens is 300 g/mol. The number of rotatable bonds is 5. The number of ketones is 2. The van der Waals surface area contributed by atoms with Crippen molar-refractivity contribution in [2.45, 2.75) is 6.42 Å². The summed E-state index contributed by atoms with van der Waals surface area (Å²) in [6, 6.07) is 11.7. The van der Waals surface area contributed by atoms with Gasteiger partial charge in [-0.05, 0) is 17.4 Å². The highest BCUT2D eigenvalue weighted by atomic mass is 32.1. The monoisotopic (exact) mass is 312 g/mol. The van der Waals surface area contributed by atoms with Crippen molar-refractivity contribution in [3.8, 4) is 11.8 Å². The van der Waals surface area contributed by atoms with E-state index in [0.717, 1.165) is 0 Å². The molecule has 110 valence electrons. The molecule has 0 spiro atoms. The van der Waals surface area contributed by atoms with Crippen LogP contribution in [-0.4, -0.2) is 24.1 Å². The second-order valence-electron chi connectivity index (χ2n) is 4.19. The number of benzene rings is 1. The van der Waals surface area contributed by atoms with Gasteiger partial charge in [-0.25, -0.2) is 4.79 Å². The molecule has 0 aliphatic heterocycles. The Labute approximate surface area is 131 Å². The van der Waals surface area contributed by atoms with Crippen LogP contribution in [0.15, 0.2) is 47.8 Å². The van der Waals surface area contributed by atoms with E-state index in [0.29, 0.717) is 10.4 Å². The van der Waals surface area contributed by atoms with Crippen molar-refractivity contribution in [2.24, 2.45) is 0 Å². The number of Topliss-reactive ketones (excluding diaryl/α,β-unsaturated/α-hetero) is 2. The van der Waals surface area contributed by atoms with E-state index in [1.165, 1.54) is 11.3 Å². The van der Waals surface area contributed by atoms with Gasteiger partial charge in [0.25, 0.3) is 5.78 Å². The fourth-order valence-electron chi connectivity index (χ4n) is 1.58. The summed E-state index contributed by atoms with van der Waals surface area (Å²) in [5, 5.41) is 1.78. The maximum Gasteiger partial charge on any atom is 0.348 e. The first-order chi connectivity index (χ1) is 10.7. The highest BCUT2D eigenvalue weighted by Crippen LogP contribution is 2.09. The van der Waals surface area contributed by atoms with Crippen LogP contribution in [0.5, 0.6) is 0 Å². The lowest BCUT2D eigenvalue weighted by molar-refractivity contribution is -0.110. The smallest absolute Gasteiger partial charge is 0.348 e. The van der Waals surface area contributed by atoms with Gasteiger partial charge in [-0.1, -0.05) is 42.3 Å². The summed E-state index contributed by atoms with van der Waals surface area (Å²) in [5.41, 5.74) is 0.311. The fourth-order valence-corrected chi connectivity index (χ4v) is 2.20. The molecule has 5 heteroatoms. The molecule has 0 saturated carbocycles. The van der Waals surface area contributed by atoms with Crippen LogP contribution < -0.4 is 0 Å². The van der Waals surface area contributed by atoms with E-state index < -0.39 is 17.5 Å². The van der Waals surface area contributed by atoms with E-state index >= 15 is 0 Å². The molecule has 1 aromatic carbocycles. The van der Waals surface area contributed by atoms with Crippen LogP contribution in [0.3, 0.4) is 0 Å². The van der Waals surface area contributed by atoms with Gasteiger partial charge < -0.3 is 4.74 Å². The molecule has 0 fully saturated rings. The Kier molecular flexibility index (Phi) is 5.64. The Hall–Kier alpha value is -2.71. The first-order valence-electron chi connectivity index (χ1n) is 6.51. The van der Waals surface area contributed by atoms with Gasteiger partial charge in [0.2, 0.25) is 5.78 Å². The number of carbonyl (C=O) groups is 3. The number of hydrogen-bond donors (Lipinski definition) is 0. The zero-order chi connectivity index (χ0) is 15.8. The summed E-state index contributed by atoms with van der Waals surface area (Å²) in [6.07, 6.45) is 0.199. The van der Waals surface area contributed by atoms with E-state index in [9.17, 15) is 14.4 Å². The molecule has 1 aromatic heterocycles. The molecule has 0 N–H and O–H groups in total. The lowest BCUT2D eigenvalue weighted by atomic mass is 10.1. The number of ether oxygens (including phenoxy) is 1. The molecule has 0 saturated heterocycles. The molecule has 0 unspecified atom stereocenters. The van der Waals surface area contributed by atoms with Gasteiger partial charge in [-0.2, -0.15) is 0 Å². The summed E-state index contributed by atoms with van der Waals surface area (Å²) in [4.78, 5) is 35.4. The highest BCUT2D eigenvalue weighted by Gasteiger charge is 2.12. The van der Waals surface area contributed by atoms with Crippen LogP contribution in [0.4, 0.5) is 0 Å². The molecular formula is C17H12O4S. The molecule has 0 aliphatic rings. The van der Waals surface area contributed by atoms with Gasteiger partial charge in [-0.15, -0.1) is 11.3 Å². The lowest BCUT2D eigenvalue weighted by Crippen LogP contribution is -2.11. The quantitative estimate of drug-likeness (QED) is 0.213. The maximum atomic E-state index is 11.7. The molecule has 0 amide bonds. The SMILES string of the molecule is O=C(C#CCCOC(=O)c1cccs1)C(=O)c1ccccc1. The second kappa shape index (κ2) is 7.91. The van der Waals surface area contributed by atoms with Crippen molar-refractivity contribution >= 4 is 28.9 Å². The Bertz CT molecular complexity index is 721. The van der Waals surface area contributed by atoms with Gasteiger partial charge in [0, 0.05) is 12.0 Å². The number of thiophene rings is 1. The fraction of sp³-hybridized carbons (Fsp3) is 0.118. The minimum atomic E-state index is -0.768. The second-order valence-corrected chi connectivity index (χ2v) is 5.14. The first kappa shape index (κ1) is 15.7. The Morgan fingerprint density at radius 1 is 1.05 bits per heavy atom. The number of esters is 1. The zero-order valence-electron chi connectivity index (χ0n) is 11.6. The topological polar surface area (TPSA) is 60.4 Å². The van der Waals surface area contributed by atoms with Crippen LogP contribution in [0, 0.1) is 11.8 Å². The molecule has 2 rings (SSSR count). The first-order valence-corrected chi connectivity index (χ1v) is 7.39. The van der Waals surface area contributed by atoms with Crippen LogP contribution in [0.2, 0.25) is 0 Å². The zero-order valence-corrected chi connectivity index (χ0v) is 12.4. The van der Waals surface area contributed by atoms with Crippen LogP contribution >= 0.6 is 11.3 Å². The molecule has 22 heavy (non-hydrogen) atoms. The van der Waals surface area contributed by atoms with Crippen LogP contribution in [-0.2, 0) is 9.53 Å².